The number of hydrogen-bond acceptors (Lipinski definition) is 1. The van der Waals surface area contributed by atoms with Crippen LogP contribution in [-0.4, -0.2) is 15.9 Å². The van der Waals surface area contributed by atoms with Crippen molar-refractivity contribution >= 4 is 9.76 Å². The zero-order chi connectivity index (χ0) is 12.6. The second kappa shape index (κ2) is 7.92. The minimum atomic E-state index is -0.256. The Balaban J connectivity index is 4.77. The first-order chi connectivity index (χ1) is 7.56. The van der Waals surface area contributed by atoms with E-state index in [1.807, 2.05) is 19.5 Å². The lowest BCUT2D eigenvalue weighted by Crippen LogP contribution is -2.18. The molecule has 2 atom stereocenters. The van der Waals surface area contributed by atoms with Crippen LogP contribution in [0.25, 0.3) is 0 Å². The van der Waals surface area contributed by atoms with Crippen molar-refractivity contribution in [1.29, 1.82) is 0 Å². The van der Waals surface area contributed by atoms with Crippen LogP contribution < -0.4 is 0 Å². The van der Waals surface area contributed by atoms with Gasteiger partial charge >= 0.3 is 0 Å². The Morgan fingerprint density at radius 2 is 2.00 bits per heavy atom. The highest BCUT2D eigenvalue weighted by molar-refractivity contribution is 6.25. The molecule has 0 N–H and O–H groups in total. The molecule has 0 rings (SSSR count). The van der Waals surface area contributed by atoms with Crippen molar-refractivity contribution in [2.24, 2.45) is 5.92 Å². The van der Waals surface area contributed by atoms with Crippen LogP contribution in [0.3, 0.4) is 0 Å². The average Bonchev–Trinajstić information content (AvgIpc) is 2.31. The molecule has 2 radical (unpaired) electrons. The van der Waals surface area contributed by atoms with Gasteiger partial charge in [-0.1, -0.05) is 50.7 Å². The molecular formula is C14H18OSi. The van der Waals surface area contributed by atoms with Gasteiger partial charge in [0.15, 0.2) is 0 Å². The Morgan fingerprint density at radius 3 is 2.44 bits per heavy atom. The first kappa shape index (κ1) is 14.7. The predicted octanol–water partition coefficient (Wildman–Crippen LogP) is 3.16. The van der Waals surface area contributed by atoms with E-state index >= 15 is 0 Å². The highest BCUT2D eigenvalue weighted by Gasteiger charge is 2.13. The fourth-order valence-electron chi connectivity index (χ4n) is 0.915. The van der Waals surface area contributed by atoms with Crippen LogP contribution >= 0.6 is 0 Å². The second-order valence-corrected chi connectivity index (χ2v) is 3.94. The molecule has 0 fully saturated rings. The molecule has 0 bridgehead atoms. The Morgan fingerprint density at radius 1 is 1.38 bits per heavy atom. The molecule has 1 nitrogen and oxygen atoms in total. The smallest absolute Gasteiger partial charge is 0.228 e. The molecule has 2 heteroatoms. The van der Waals surface area contributed by atoms with E-state index in [-0.39, 0.29) is 12.0 Å². The van der Waals surface area contributed by atoms with Crippen LogP contribution in [-0.2, 0) is 4.43 Å². The van der Waals surface area contributed by atoms with Crippen molar-refractivity contribution in [3.63, 3.8) is 0 Å². The zero-order valence-corrected chi connectivity index (χ0v) is 11.0. The van der Waals surface area contributed by atoms with Crippen molar-refractivity contribution in [1.82, 2.24) is 0 Å². The van der Waals surface area contributed by atoms with E-state index in [1.54, 1.807) is 6.08 Å². The average molecular weight is 230 g/mol. The molecule has 0 amide bonds. The van der Waals surface area contributed by atoms with E-state index in [1.165, 1.54) is 0 Å². The van der Waals surface area contributed by atoms with Crippen LogP contribution in [0.1, 0.15) is 6.92 Å². The first-order valence-corrected chi connectivity index (χ1v) is 6.44. The molecule has 0 heterocycles. The van der Waals surface area contributed by atoms with Gasteiger partial charge in [0.25, 0.3) is 0 Å². The van der Waals surface area contributed by atoms with E-state index in [9.17, 15) is 0 Å². The van der Waals surface area contributed by atoms with Gasteiger partial charge in [-0.15, -0.1) is 6.58 Å². The number of allylic oxidation sites excluding steroid dienone is 3. The summed E-state index contributed by atoms with van der Waals surface area (Å²) < 4.78 is 5.55. The summed E-state index contributed by atoms with van der Waals surface area (Å²) in [6.07, 6.45) is 3.20. The first-order valence-electron chi connectivity index (χ1n) is 5.03. The highest BCUT2D eigenvalue weighted by atomic mass is 28.2. The monoisotopic (exact) mass is 230 g/mol. The van der Waals surface area contributed by atoms with Gasteiger partial charge in [-0.05, 0) is 18.0 Å². The summed E-state index contributed by atoms with van der Waals surface area (Å²) in [5, 5.41) is 0. The molecule has 2 unspecified atom stereocenters. The van der Waals surface area contributed by atoms with Gasteiger partial charge in [-0.25, -0.2) is 0 Å². The van der Waals surface area contributed by atoms with Crippen LogP contribution in [0.5, 0.6) is 0 Å². The van der Waals surface area contributed by atoms with Crippen LogP contribution in [0.2, 0.25) is 6.55 Å². The highest BCUT2D eigenvalue weighted by Crippen LogP contribution is 2.15. The third-order valence-electron chi connectivity index (χ3n) is 2.12. The summed E-state index contributed by atoms with van der Waals surface area (Å²) in [5.41, 5.74) is 1.61. The predicted molar refractivity (Wildman–Crippen MR) is 72.1 cm³/mol. The Labute approximate surface area is 102 Å². The molecular weight excluding hydrogens is 212 g/mol. The van der Waals surface area contributed by atoms with Gasteiger partial charge in [0.1, 0.15) is 6.10 Å². The largest absolute Gasteiger partial charge is 0.401 e. The third kappa shape index (κ3) is 4.97. The fraction of sp³-hybridized carbons (Fsp3) is 0.286. The van der Waals surface area contributed by atoms with Crippen LogP contribution in [0.4, 0.5) is 0 Å². The molecule has 0 aliphatic rings. The molecule has 0 aliphatic heterocycles. The van der Waals surface area contributed by atoms with Crippen LogP contribution in [0, 0.1) is 17.8 Å². The van der Waals surface area contributed by atoms with Crippen molar-refractivity contribution < 1.29 is 4.43 Å². The van der Waals surface area contributed by atoms with Gasteiger partial charge in [-0.3, -0.25) is 0 Å². The Kier molecular flexibility index (Phi) is 7.28. The molecule has 0 saturated carbocycles. The lowest BCUT2D eigenvalue weighted by Gasteiger charge is -2.17. The van der Waals surface area contributed by atoms with Crippen molar-refractivity contribution in [2.75, 3.05) is 0 Å². The summed E-state index contributed by atoms with van der Waals surface area (Å²) in [6.45, 7) is 19.1. The van der Waals surface area contributed by atoms with Gasteiger partial charge < -0.3 is 4.43 Å². The molecule has 0 saturated heterocycles. The second-order valence-electron chi connectivity index (χ2n) is 3.30. The molecule has 0 aromatic rings. The topological polar surface area (TPSA) is 9.23 Å². The number of hydrogen-bond donors (Lipinski definition) is 0. The summed E-state index contributed by atoms with van der Waals surface area (Å²) in [4.78, 5) is 0. The third-order valence-corrected chi connectivity index (χ3v) is 2.59. The van der Waals surface area contributed by atoms with Crippen molar-refractivity contribution in [3.05, 3.63) is 49.6 Å². The van der Waals surface area contributed by atoms with Gasteiger partial charge in [-0.2, -0.15) is 0 Å². The molecule has 0 aromatic heterocycles. The summed E-state index contributed by atoms with van der Waals surface area (Å²) in [6, 6.07) is 0. The molecule has 16 heavy (non-hydrogen) atoms. The van der Waals surface area contributed by atoms with E-state index < -0.39 is 0 Å². The SMILES string of the molecule is C=CC(=C)C#CC(O[Si]C)C(=C)C(C)C=C. The number of rotatable bonds is 6. The maximum absolute atomic E-state index is 5.55. The summed E-state index contributed by atoms with van der Waals surface area (Å²) in [7, 11) is 0.376. The van der Waals surface area contributed by atoms with E-state index in [2.05, 4.69) is 38.2 Å². The minimum absolute atomic E-state index is 0.188. The maximum atomic E-state index is 5.55. The van der Waals surface area contributed by atoms with Gasteiger partial charge in [0, 0.05) is 5.57 Å². The Hall–Kier alpha value is -1.30. The normalized spacial score (nSPS) is 12.9. The lowest BCUT2D eigenvalue weighted by molar-refractivity contribution is 0.302. The van der Waals surface area contributed by atoms with Crippen molar-refractivity contribution in [3.8, 4) is 11.8 Å². The fourth-order valence-corrected chi connectivity index (χ4v) is 1.36. The minimum Gasteiger partial charge on any atom is -0.401 e. The van der Waals surface area contributed by atoms with E-state index in [4.69, 9.17) is 4.43 Å². The van der Waals surface area contributed by atoms with Crippen LogP contribution in [0.15, 0.2) is 49.6 Å². The molecule has 0 spiro atoms. The molecule has 84 valence electrons. The molecule has 0 aliphatic carbocycles. The summed E-state index contributed by atoms with van der Waals surface area (Å²) >= 11 is 0. The lowest BCUT2D eigenvalue weighted by atomic mass is 9.98. The maximum Gasteiger partial charge on any atom is 0.228 e. The van der Waals surface area contributed by atoms with Gasteiger partial charge in [0.2, 0.25) is 9.76 Å². The molecule has 0 aromatic carbocycles. The summed E-state index contributed by atoms with van der Waals surface area (Å²) in [5.74, 6) is 6.09. The van der Waals surface area contributed by atoms with Gasteiger partial charge in [0.05, 0.1) is 0 Å². The van der Waals surface area contributed by atoms with E-state index in [0.29, 0.717) is 15.3 Å². The van der Waals surface area contributed by atoms with Crippen molar-refractivity contribution in [2.45, 2.75) is 19.6 Å². The quantitative estimate of drug-likeness (QED) is 0.295. The zero-order valence-electron chi connectivity index (χ0n) is 10.0. The van der Waals surface area contributed by atoms with E-state index in [0.717, 1.165) is 5.57 Å². The Bertz CT molecular complexity index is 343. The standard InChI is InChI=1S/C14H18OSi/c1-7-11(3)9-10-14(15-16-6)13(5)12(4)8-2/h7-8,12,14H,1-3,5H2,4,6H3.